The molecule has 2 rings (SSSR count). The molecule has 88 valence electrons. The number of hydrogen-bond acceptors (Lipinski definition) is 4. The maximum atomic E-state index is 5.15. The van der Waals surface area contributed by atoms with E-state index in [9.17, 15) is 0 Å². The van der Waals surface area contributed by atoms with E-state index in [1.165, 1.54) is 5.56 Å². The quantitative estimate of drug-likeness (QED) is 0.811. The van der Waals surface area contributed by atoms with Crippen LogP contribution in [0.25, 0.3) is 0 Å². The number of nitrogens with one attached hydrogen (secondary N) is 1. The van der Waals surface area contributed by atoms with E-state index < -0.39 is 0 Å². The fraction of sp³-hybridized carbons (Fsp3) is 0.583. The van der Waals surface area contributed by atoms with Crippen molar-refractivity contribution in [2.24, 2.45) is 0 Å². The molecule has 0 amide bonds. The van der Waals surface area contributed by atoms with Crippen molar-refractivity contribution in [3.05, 3.63) is 30.1 Å². The van der Waals surface area contributed by atoms with E-state index in [-0.39, 0.29) is 0 Å². The highest BCUT2D eigenvalue weighted by Crippen LogP contribution is 2.20. The largest absolute Gasteiger partial charge is 0.383 e. The van der Waals surface area contributed by atoms with Crippen LogP contribution in [0.4, 0.5) is 0 Å². The lowest BCUT2D eigenvalue weighted by Crippen LogP contribution is -2.47. The van der Waals surface area contributed by atoms with Crippen molar-refractivity contribution in [3.63, 3.8) is 0 Å². The standard InChI is InChI=1S/C12H19N3O/c1-16-8-7-15-6-5-14-10-12(15)11-3-2-4-13-9-11/h2-4,9,12,14H,5-8,10H2,1H3. The van der Waals surface area contributed by atoms with E-state index in [2.05, 4.69) is 21.3 Å². The van der Waals surface area contributed by atoms with E-state index >= 15 is 0 Å². The monoisotopic (exact) mass is 221 g/mol. The second-order valence-corrected chi connectivity index (χ2v) is 4.04. The van der Waals surface area contributed by atoms with Gasteiger partial charge in [0.2, 0.25) is 0 Å². The first-order chi connectivity index (χ1) is 7.92. The molecule has 1 aromatic heterocycles. The fourth-order valence-electron chi connectivity index (χ4n) is 2.12. The molecule has 0 bridgehead atoms. The van der Waals surface area contributed by atoms with Gasteiger partial charge in [-0.25, -0.2) is 0 Å². The molecule has 2 heterocycles. The highest BCUT2D eigenvalue weighted by atomic mass is 16.5. The molecule has 0 saturated carbocycles. The third kappa shape index (κ3) is 2.78. The Bertz CT molecular complexity index is 304. The topological polar surface area (TPSA) is 37.4 Å². The SMILES string of the molecule is COCCN1CCNCC1c1cccnc1. The highest BCUT2D eigenvalue weighted by molar-refractivity contribution is 5.15. The van der Waals surface area contributed by atoms with Gasteiger partial charge in [0.1, 0.15) is 0 Å². The Balaban J connectivity index is 2.04. The number of piperazine rings is 1. The first kappa shape index (κ1) is 11.5. The molecule has 1 aliphatic heterocycles. The van der Waals surface area contributed by atoms with E-state index in [0.29, 0.717) is 6.04 Å². The summed E-state index contributed by atoms with van der Waals surface area (Å²) >= 11 is 0. The second kappa shape index (κ2) is 5.94. The summed E-state index contributed by atoms with van der Waals surface area (Å²) in [6.07, 6.45) is 3.77. The first-order valence-electron chi connectivity index (χ1n) is 5.75. The highest BCUT2D eigenvalue weighted by Gasteiger charge is 2.23. The Morgan fingerprint density at radius 1 is 1.62 bits per heavy atom. The molecule has 1 fully saturated rings. The molecular formula is C12H19N3O. The normalized spacial score (nSPS) is 22.2. The summed E-state index contributed by atoms with van der Waals surface area (Å²) < 4.78 is 5.15. The lowest BCUT2D eigenvalue weighted by atomic mass is 10.1. The van der Waals surface area contributed by atoms with Crippen molar-refractivity contribution >= 4 is 0 Å². The van der Waals surface area contributed by atoms with E-state index in [0.717, 1.165) is 32.8 Å². The maximum absolute atomic E-state index is 5.15. The van der Waals surface area contributed by atoms with Crippen LogP contribution in [-0.4, -0.2) is 49.8 Å². The Morgan fingerprint density at radius 2 is 2.56 bits per heavy atom. The molecule has 0 radical (unpaired) electrons. The summed E-state index contributed by atoms with van der Waals surface area (Å²) in [6.45, 7) is 4.90. The maximum Gasteiger partial charge on any atom is 0.0589 e. The van der Waals surface area contributed by atoms with E-state index in [4.69, 9.17) is 4.74 Å². The Kier molecular flexibility index (Phi) is 4.27. The van der Waals surface area contributed by atoms with Gasteiger partial charge in [-0.2, -0.15) is 0 Å². The Morgan fingerprint density at radius 3 is 3.31 bits per heavy atom. The third-order valence-corrected chi connectivity index (χ3v) is 3.01. The molecular weight excluding hydrogens is 202 g/mol. The summed E-state index contributed by atoms with van der Waals surface area (Å²) in [4.78, 5) is 6.64. The van der Waals surface area contributed by atoms with Gasteiger partial charge in [0.15, 0.2) is 0 Å². The Labute approximate surface area is 96.6 Å². The number of rotatable bonds is 4. The van der Waals surface area contributed by atoms with Crippen LogP contribution in [0.3, 0.4) is 0 Å². The number of ether oxygens (including phenoxy) is 1. The van der Waals surface area contributed by atoms with Crippen molar-refractivity contribution in [1.82, 2.24) is 15.2 Å². The van der Waals surface area contributed by atoms with Crippen LogP contribution in [0.5, 0.6) is 0 Å². The van der Waals surface area contributed by atoms with Gasteiger partial charge in [-0.3, -0.25) is 9.88 Å². The number of hydrogen-bond donors (Lipinski definition) is 1. The summed E-state index contributed by atoms with van der Waals surface area (Å²) in [6, 6.07) is 4.57. The van der Waals surface area contributed by atoms with Crippen molar-refractivity contribution in [3.8, 4) is 0 Å². The van der Waals surface area contributed by atoms with E-state index in [1.807, 2.05) is 18.5 Å². The van der Waals surface area contributed by atoms with Gasteiger partial charge in [0, 0.05) is 51.7 Å². The predicted octanol–water partition coefficient (Wildman–Crippen LogP) is 0.674. The number of nitrogens with zero attached hydrogens (tertiary/aromatic N) is 2. The molecule has 16 heavy (non-hydrogen) atoms. The molecule has 1 N–H and O–H groups in total. The average molecular weight is 221 g/mol. The summed E-state index contributed by atoms with van der Waals surface area (Å²) in [5.74, 6) is 0. The summed E-state index contributed by atoms with van der Waals surface area (Å²) in [5, 5.41) is 3.43. The van der Waals surface area contributed by atoms with Crippen molar-refractivity contribution in [2.45, 2.75) is 6.04 Å². The third-order valence-electron chi connectivity index (χ3n) is 3.01. The van der Waals surface area contributed by atoms with Gasteiger partial charge in [0.25, 0.3) is 0 Å². The van der Waals surface area contributed by atoms with Gasteiger partial charge < -0.3 is 10.1 Å². The summed E-state index contributed by atoms with van der Waals surface area (Å²) in [7, 11) is 1.75. The van der Waals surface area contributed by atoms with Crippen LogP contribution in [0.1, 0.15) is 11.6 Å². The van der Waals surface area contributed by atoms with Crippen LogP contribution in [0, 0.1) is 0 Å². The van der Waals surface area contributed by atoms with Gasteiger partial charge in [-0.1, -0.05) is 6.07 Å². The molecule has 0 aromatic carbocycles. The molecule has 1 saturated heterocycles. The number of aromatic nitrogens is 1. The van der Waals surface area contributed by atoms with Gasteiger partial charge >= 0.3 is 0 Å². The molecule has 1 aromatic rings. The predicted molar refractivity (Wildman–Crippen MR) is 63.3 cm³/mol. The minimum absolute atomic E-state index is 0.428. The molecule has 1 aliphatic rings. The van der Waals surface area contributed by atoms with Gasteiger partial charge in [0.05, 0.1) is 6.61 Å². The van der Waals surface area contributed by atoms with Crippen molar-refractivity contribution < 1.29 is 4.74 Å². The molecule has 0 aliphatic carbocycles. The zero-order chi connectivity index (χ0) is 11.2. The first-order valence-corrected chi connectivity index (χ1v) is 5.75. The van der Waals surface area contributed by atoms with Crippen LogP contribution < -0.4 is 5.32 Å². The molecule has 0 spiro atoms. The minimum Gasteiger partial charge on any atom is -0.383 e. The van der Waals surface area contributed by atoms with Crippen LogP contribution >= 0.6 is 0 Å². The van der Waals surface area contributed by atoms with Gasteiger partial charge in [-0.05, 0) is 11.6 Å². The smallest absolute Gasteiger partial charge is 0.0589 e. The lowest BCUT2D eigenvalue weighted by Gasteiger charge is -2.36. The molecule has 1 unspecified atom stereocenters. The molecule has 1 atom stereocenters. The number of methoxy groups -OCH3 is 1. The van der Waals surface area contributed by atoms with Gasteiger partial charge in [-0.15, -0.1) is 0 Å². The second-order valence-electron chi connectivity index (χ2n) is 4.04. The average Bonchev–Trinajstić information content (AvgIpc) is 2.38. The minimum atomic E-state index is 0.428. The Hall–Kier alpha value is -0.970. The molecule has 4 heteroatoms. The van der Waals surface area contributed by atoms with Crippen LogP contribution in [0.2, 0.25) is 0 Å². The van der Waals surface area contributed by atoms with Crippen molar-refractivity contribution in [2.75, 3.05) is 39.9 Å². The zero-order valence-electron chi connectivity index (χ0n) is 9.72. The van der Waals surface area contributed by atoms with Crippen LogP contribution in [-0.2, 0) is 4.74 Å². The zero-order valence-corrected chi connectivity index (χ0v) is 9.72. The summed E-state index contributed by atoms with van der Waals surface area (Å²) in [5.41, 5.74) is 1.28. The lowest BCUT2D eigenvalue weighted by molar-refractivity contribution is 0.103. The fourth-order valence-corrected chi connectivity index (χ4v) is 2.12. The van der Waals surface area contributed by atoms with Crippen LogP contribution in [0.15, 0.2) is 24.5 Å². The number of pyridine rings is 1. The molecule has 4 nitrogen and oxygen atoms in total. The van der Waals surface area contributed by atoms with Crippen molar-refractivity contribution in [1.29, 1.82) is 0 Å². The van der Waals surface area contributed by atoms with E-state index in [1.54, 1.807) is 7.11 Å².